The van der Waals surface area contributed by atoms with Gasteiger partial charge in [0.1, 0.15) is 11.4 Å². The van der Waals surface area contributed by atoms with Gasteiger partial charge in [-0.3, -0.25) is 9.59 Å². The van der Waals surface area contributed by atoms with Crippen molar-refractivity contribution in [1.82, 2.24) is 9.80 Å². The fourth-order valence-electron chi connectivity index (χ4n) is 5.31. The molecule has 4 aliphatic heterocycles. The Hall–Kier alpha value is -3.07. The summed E-state index contributed by atoms with van der Waals surface area (Å²) in [5.74, 6) is -0.640. The van der Waals surface area contributed by atoms with Gasteiger partial charge in [-0.25, -0.2) is 4.79 Å². The number of piperazine rings is 1. The largest absolute Gasteiger partial charge is 0.497 e. The van der Waals surface area contributed by atoms with Gasteiger partial charge < -0.3 is 28.9 Å². The highest BCUT2D eigenvalue weighted by atomic mass is 16.6. The smallest absolute Gasteiger partial charge is 0.409 e. The minimum absolute atomic E-state index is 0.0874. The summed E-state index contributed by atoms with van der Waals surface area (Å²) in [6.45, 7) is 4.12. The van der Waals surface area contributed by atoms with Gasteiger partial charge >= 0.3 is 6.09 Å². The monoisotopic (exact) mass is 441 g/mol. The lowest BCUT2D eigenvalue weighted by Crippen LogP contribution is -2.54. The minimum atomic E-state index is -0.780. The molecule has 32 heavy (non-hydrogen) atoms. The Morgan fingerprint density at radius 1 is 1.19 bits per heavy atom. The number of carbonyl (C=O) groups excluding carboxylic acids is 3. The third-order valence-electron chi connectivity index (χ3n) is 6.87. The van der Waals surface area contributed by atoms with Crippen LogP contribution in [0.2, 0.25) is 0 Å². The van der Waals surface area contributed by atoms with Crippen LogP contribution in [-0.4, -0.2) is 85.9 Å². The number of carbonyl (C=O) groups is 3. The molecule has 4 aliphatic rings. The highest BCUT2D eigenvalue weighted by Crippen LogP contribution is 2.53. The summed E-state index contributed by atoms with van der Waals surface area (Å²) in [4.78, 5) is 44.0. The third kappa shape index (κ3) is 3.14. The molecule has 0 aliphatic carbocycles. The van der Waals surface area contributed by atoms with E-state index in [0.29, 0.717) is 45.1 Å². The standard InChI is InChI=1S/C23H27N3O6/c1-3-31-22(29)25-11-9-24(10-12-25)20(27)18-17-7-8-23(32-17)14-26(21(28)19(18)23)15-5-4-6-16(13-15)30-2/h4-8,13,17-19H,3,9-12,14H2,1-2H3/t17-,18-,19+,23+/m1/s1. The third-order valence-corrected chi connectivity index (χ3v) is 6.87. The van der Waals surface area contributed by atoms with Crippen molar-refractivity contribution in [2.75, 3.05) is 51.3 Å². The highest BCUT2D eigenvalue weighted by Gasteiger charge is 2.67. The summed E-state index contributed by atoms with van der Waals surface area (Å²) in [5, 5.41) is 0. The fraction of sp³-hybridized carbons (Fsp3) is 0.522. The molecular weight excluding hydrogens is 414 g/mol. The van der Waals surface area contributed by atoms with Gasteiger partial charge in [-0.1, -0.05) is 18.2 Å². The normalized spacial score (nSPS) is 30.6. The lowest BCUT2D eigenvalue weighted by Gasteiger charge is -2.36. The fourth-order valence-corrected chi connectivity index (χ4v) is 5.31. The van der Waals surface area contributed by atoms with E-state index in [0.717, 1.165) is 5.69 Å². The number of ether oxygens (including phenoxy) is 3. The van der Waals surface area contributed by atoms with Gasteiger partial charge in [-0.15, -0.1) is 0 Å². The Kier molecular flexibility index (Phi) is 5.08. The van der Waals surface area contributed by atoms with Gasteiger partial charge in [0.25, 0.3) is 0 Å². The van der Waals surface area contributed by atoms with Crippen LogP contribution in [-0.2, 0) is 19.1 Å². The molecule has 3 amide bonds. The van der Waals surface area contributed by atoms with Gasteiger partial charge in [-0.2, -0.15) is 0 Å². The van der Waals surface area contributed by atoms with Crippen LogP contribution in [0, 0.1) is 11.8 Å². The lowest BCUT2D eigenvalue weighted by molar-refractivity contribution is -0.141. The number of rotatable bonds is 4. The number of amides is 3. The highest BCUT2D eigenvalue weighted by molar-refractivity contribution is 6.03. The first-order valence-corrected chi connectivity index (χ1v) is 11.0. The van der Waals surface area contributed by atoms with E-state index in [9.17, 15) is 14.4 Å². The molecule has 1 aromatic carbocycles. The average Bonchev–Trinajstić information content (AvgIpc) is 3.47. The van der Waals surface area contributed by atoms with Crippen LogP contribution in [0.4, 0.5) is 10.5 Å². The van der Waals surface area contributed by atoms with Gasteiger partial charge in [0.15, 0.2) is 0 Å². The summed E-state index contributed by atoms with van der Waals surface area (Å²) < 4.78 is 16.6. The number of hydrogen-bond acceptors (Lipinski definition) is 6. The first kappa shape index (κ1) is 20.8. The van der Waals surface area contributed by atoms with Crippen molar-refractivity contribution < 1.29 is 28.6 Å². The molecule has 4 atom stereocenters. The van der Waals surface area contributed by atoms with Crippen LogP contribution in [0.25, 0.3) is 0 Å². The number of methoxy groups -OCH3 is 1. The van der Waals surface area contributed by atoms with Gasteiger partial charge in [0.05, 0.1) is 38.2 Å². The summed E-state index contributed by atoms with van der Waals surface area (Å²) >= 11 is 0. The molecule has 5 rings (SSSR count). The molecule has 1 spiro atoms. The maximum Gasteiger partial charge on any atom is 0.409 e. The Bertz CT molecular complexity index is 972. The van der Waals surface area contributed by atoms with Crippen LogP contribution in [0.5, 0.6) is 5.75 Å². The molecule has 1 aromatic rings. The molecule has 170 valence electrons. The zero-order valence-electron chi connectivity index (χ0n) is 18.2. The van der Waals surface area contributed by atoms with Gasteiger partial charge in [0, 0.05) is 37.9 Å². The molecule has 9 nitrogen and oxygen atoms in total. The predicted octanol–water partition coefficient (Wildman–Crippen LogP) is 1.28. The number of nitrogens with zero attached hydrogens (tertiary/aromatic N) is 3. The van der Waals surface area contributed by atoms with E-state index in [1.165, 1.54) is 0 Å². The maximum absolute atomic E-state index is 13.5. The Morgan fingerprint density at radius 3 is 2.66 bits per heavy atom. The molecule has 3 fully saturated rings. The molecule has 0 unspecified atom stereocenters. The van der Waals surface area contributed by atoms with Crippen LogP contribution >= 0.6 is 0 Å². The van der Waals surface area contributed by atoms with E-state index in [-0.39, 0.29) is 17.9 Å². The number of benzene rings is 1. The summed E-state index contributed by atoms with van der Waals surface area (Å²) in [5.41, 5.74) is -0.0504. The van der Waals surface area contributed by atoms with E-state index in [1.54, 1.807) is 28.7 Å². The Morgan fingerprint density at radius 2 is 1.94 bits per heavy atom. The summed E-state index contributed by atoms with van der Waals surface area (Å²) in [7, 11) is 1.59. The second-order valence-corrected chi connectivity index (χ2v) is 8.54. The van der Waals surface area contributed by atoms with Crippen molar-refractivity contribution in [3.8, 4) is 5.75 Å². The van der Waals surface area contributed by atoms with Crippen LogP contribution in [0.1, 0.15) is 6.92 Å². The van der Waals surface area contributed by atoms with Gasteiger partial charge in [0.2, 0.25) is 11.8 Å². The number of anilines is 1. The van der Waals surface area contributed by atoms with E-state index < -0.39 is 23.5 Å². The Balaban J connectivity index is 1.33. The van der Waals surface area contributed by atoms with Crippen LogP contribution in [0.15, 0.2) is 36.4 Å². The van der Waals surface area contributed by atoms with E-state index >= 15 is 0 Å². The molecule has 0 N–H and O–H groups in total. The van der Waals surface area contributed by atoms with E-state index in [1.807, 2.05) is 36.4 Å². The second-order valence-electron chi connectivity index (χ2n) is 8.54. The number of hydrogen-bond donors (Lipinski definition) is 0. The molecule has 0 saturated carbocycles. The van der Waals surface area contributed by atoms with Crippen molar-refractivity contribution in [3.63, 3.8) is 0 Å². The zero-order valence-corrected chi connectivity index (χ0v) is 18.2. The summed E-state index contributed by atoms with van der Waals surface area (Å²) in [6.07, 6.45) is 3.11. The molecule has 2 bridgehead atoms. The van der Waals surface area contributed by atoms with E-state index in [4.69, 9.17) is 14.2 Å². The molecule has 0 aromatic heterocycles. The van der Waals surface area contributed by atoms with Crippen LogP contribution in [0.3, 0.4) is 0 Å². The van der Waals surface area contributed by atoms with Crippen LogP contribution < -0.4 is 9.64 Å². The topological polar surface area (TPSA) is 88.6 Å². The van der Waals surface area contributed by atoms with Crippen molar-refractivity contribution in [2.24, 2.45) is 11.8 Å². The SMILES string of the molecule is CCOC(=O)N1CCN(C(=O)[C@H]2[C@H]3C(=O)N(c4cccc(OC)c4)C[C@@]34C=C[C@H]2O4)CC1. The molecule has 4 heterocycles. The van der Waals surface area contributed by atoms with E-state index in [2.05, 4.69) is 0 Å². The molecule has 9 heteroatoms. The van der Waals surface area contributed by atoms with Crippen molar-refractivity contribution in [1.29, 1.82) is 0 Å². The first-order chi connectivity index (χ1) is 15.5. The minimum Gasteiger partial charge on any atom is -0.497 e. The zero-order chi connectivity index (χ0) is 22.5. The number of fused-ring (bicyclic) bond motifs is 1. The first-order valence-electron chi connectivity index (χ1n) is 11.0. The van der Waals surface area contributed by atoms with Gasteiger partial charge in [-0.05, 0) is 19.1 Å². The molecular formula is C23H27N3O6. The Labute approximate surface area is 186 Å². The quantitative estimate of drug-likeness (QED) is 0.654. The lowest BCUT2D eigenvalue weighted by atomic mass is 9.76. The maximum atomic E-state index is 13.5. The predicted molar refractivity (Wildman–Crippen MR) is 114 cm³/mol. The second kappa shape index (κ2) is 7.81. The average molecular weight is 441 g/mol. The van der Waals surface area contributed by atoms with Crippen molar-refractivity contribution >= 4 is 23.6 Å². The summed E-state index contributed by atoms with van der Waals surface area (Å²) in [6, 6.07) is 7.34. The molecule has 3 saturated heterocycles. The van der Waals surface area contributed by atoms with Crippen molar-refractivity contribution in [2.45, 2.75) is 18.6 Å². The molecule has 0 radical (unpaired) electrons. The van der Waals surface area contributed by atoms with Crippen molar-refractivity contribution in [3.05, 3.63) is 36.4 Å².